The Morgan fingerprint density at radius 3 is 2.69 bits per heavy atom. The van der Waals surface area contributed by atoms with Gasteiger partial charge in [0.2, 0.25) is 0 Å². The highest BCUT2D eigenvalue weighted by atomic mass is 32.2. The van der Waals surface area contributed by atoms with E-state index >= 15 is 0 Å². The molecule has 0 saturated heterocycles. The molecule has 1 N–H and O–H groups in total. The fourth-order valence-corrected chi connectivity index (χ4v) is 2.10. The predicted molar refractivity (Wildman–Crippen MR) is 65.5 cm³/mol. The highest BCUT2D eigenvalue weighted by Crippen LogP contribution is 2.27. The monoisotopic (exact) mass is 240 g/mol. The average Bonchev–Trinajstić information content (AvgIpc) is 2.25. The van der Waals surface area contributed by atoms with Crippen LogP contribution in [0.5, 0.6) is 5.75 Å². The second-order valence-corrected chi connectivity index (χ2v) is 4.97. The second-order valence-electron chi connectivity index (χ2n) is 3.87. The van der Waals surface area contributed by atoms with Crippen molar-refractivity contribution >= 4 is 17.7 Å². The van der Waals surface area contributed by atoms with Crippen molar-refractivity contribution in [2.24, 2.45) is 5.92 Å². The van der Waals surface area contributed by atoms with Crippen LogP contribution in [0, 0.1) is 5.92 Å². The quantitative estimate of drug-likeness (QED) is 0.803. The molecule has 0 aromatic heterocycles. The molecule has 0 spiro atoms. The summed E-state index contributed by atoms with van der Waals surface area (Å²) in [4.78, 5) is 11.9. The number of hydrogen-bond acceptors (Lipinski definition) is 3. The van der Waals surface area contributed by atoms with Gasteiger partial charge in [0.05, 0.1) is 7.11 Å². The van der Waals surface area contributed by atoms with E-state index in [2.05, 4.69) is 13.8 Å². The maximum atomic E-state index is 11.0. The van der Waals surface area contributed by atoms with Crippen LogP contribution in [0.25, 0.3) is 0 Å². The van der Waals surface area contributed by atoms with Gasteiger partial charge < -0.3 is 9.84 Å². The lowest BCUT2D eigenvalue weighted by atomic mass is 10.2. The molecule has 1 rings (SSSR count). The Hall–Kier alpha value is -1.16. The minimum absolute atomic E-state index is 0.219. The van der Waals surface area contributed by atoms with E-state index in [1.54, 1.807) is 23.9 Å². The number of carbonyl (C=O) groups is 1. The number of rotatable bonds is 5. The molecule has 0 saturated carbocycles. The Balaban J connectivity index is 2.89. The summed E-state index contributed by atoms with van der Waals surface area (Å²) in [6, 6.07) is 5.25. The molecule has 0 heterocycles. The standard InChI is InChI=1S/C12H16O3S/c1-8(2)7-16-9-4-5-11(15-3)10(6-9)12(13)14/h4-6,8H,7H2,1-3H3,(H,13,14). The lowest BCUT2D eigenvalue weighted by molar-refractivity contribution is 0.0693. The molecule has 0 bridgehead atoms. The third-order valence-corrected chi connectivity index (χ3v) is 3.41. The molecule has 0 aliphatic carbocycles. The van der Waals surface area contributed by atoms with E-state index in [9.17, 15) is 4.79 Å². The first-order valence-electron chi connectivity index (χ1n) is 5.08. The summed E-state index contributed by atoms with van der Waals surface area (Å²) in [5.74, 6) is 1.01. The van der Waals surface area contributed by atoms with Crippen LogP contribution in [0.2, 0.25) is 0 Å². The second kappa shape index (κ2) is 5.80. The fraction of sp³-hybridized carbons (Fsp3) is 0.417. The number of carboxylic acid groups (broad SMARTS) is 1. The van der Waals surface area contributed by atoms with E-state index in [-0.39, 0.29) is 5.56 Å². The van der Waals surface area contributed by atoms with Crippen LogP contribution >= 0.6 is 11.8 Å². The molecule has 0 radical (unpaired) electrons. The van der Waals surface area contributed by atoms with E-state index in [0.717, 1.165) is 10.6 Å². The number of benzene rings is 1. The minimum atomic E-state index is -0.955. The van der Waals surface area contributed by atoms with Gasteiger partial charge in [0, 0.05) is 10.6 Å². The summed E-state index contributed by atoms with van der Waals surface area (Å²) < 4.78 is 5.00. The minimum Gasteiger partial charge on any atom is -0.496 e. The number of hydrogen-bond donors (Lipinski definition) is 1. The Morgan fingerprint density at radius 1 is 1.50 bits per heavy atom. The van der Waals surface area contributed by atoms with E-state index in [1.807, 2.05) is 6.07 Å². The lowest BCUT2D eigenvalue weighted by Crippen LogP contribution is -2.00. The first-order valence-corrected chi connectivity index (χ1v) is 6.07. The van der Waals surface area contributed by atoms with E-state index in [0.29, 0.717) is 11.7 Å². The predicted octanol–water partition coefficient (Wildman–Crippen LogP) is 3.14. The van der Waals surface area contributed by atoms with Crippen molar-refractivity contribution in [3.05, 3.63) is 23.8 Å². The normalized spacial score (nSPS) is 10.5. The van der Waals surface area contributed by atoms with Crippen LogP contribution in [-0.4, -0.2) is 23.9 Å². The first-order chi connectivity index (χ1) is 7.54. The van der Waals surface area contributed by atoms with Crippen LogP contribution in [-0.2, 0) is 0 Å². The zero-order chi connectivity index (χ0) is 12.1. The first kappa shape index (κ1) is 12.9. The molecule has 16 heavy (non-hydrogen) atoms. The molecule has 0 amide bonds. The fourth-order valence-electron chi connectivity index (χ4n) is 1.21. The van der Waals surface area contributed by atoms with Gasteiger partial charge in [0.1, 0.15) is 11.3 Å². The third-order valence-electron chi connectivity index (χ3n) is 1.98. The topological polar surface area (TPSA) is 46.5 Å². The van der Waals surface area contributed by atoms with E-state index in [1.165, 1.54) is 7.11 Å². The SMILES string of the molecule is COc1ccc(SCC(C)C)cc1C(=O)O. The van der Waals surface area contributed by atoms with Crippen LogP contribution < -0.4 is 4.74 Å². The Kier molecular flexibility index (Phi) is 4.68. The molecule has 88 valence electrons. The van der Waals surface area contributed by atoms with Gasteiger partial charge in [-0.2, -0.15) is 0 Å². The summed E-state index contributed by atoms with van der Waals surface area (Å²) in [5, 5.41) is 9.01. The number of ether oxygens (including phenoxy) is 1. The molecule has 3 nitrogen and oxygen atoms in total. The molecule has 0 aliphatic rings. The smallest absolute Gasteiger partial charge is 0.339 e. The zero-order valence-corrected chi connectivity index (χ0v) is 10.5. The summed E-state index contributed by atoms with van der Waals surface area (Å²) in [6.07, 6.45) is 0. The van der Waals surface area contributed by atoms with Gasteiger partial charge in [-0.15, -0.1) is 11.8 Å². The lowest BCUT2D eigenvalue weighted by Gasteiger charge is -2.08. The summed E-state index contributed by atoms with van der Waals surface area (Å²) in [6.45, 7) is 4.27. The summed E-state index contributed by atoms with van der Waals surface area (Å²) in [7, 11) is 1.47. The van der Waals surface area contributed by atoms with Crippen LogP contribution in [0.1, 0.15) is 24.2 Å². The highest BCUT2D eigenvalue weighted by Gasteiger charge is 2.11. The van der Waals surface area contributed by atoms with Crippen LogP contribution in [0.15, 0.2) is 23.1 Å². The van der Waals surface area contributed by atoms with Crippen molar-refractivity contribution in [2.75, 3.05) is 12.9 Å². The van der Waals surface area contributed by atoms with Gasteiger partial charge in [0.25, 0.3) is 0 Å². The van der Waals surface area contributed by atoms with Gasteiger partial charge in [-0.05, 0) is 24.1 Å². The molecule has 0 fully saturated rings. The van der Waals surface area contributed by atoms with E-state index < -0.39 is 5.97 Å². The van der Waals surface area contributed by atoms with Gasteiger partial charge in [-0.1, -0.05) is 13.8 Å². The maximum Gasteiger partial charge on any atom is 0.339 e. The maximum absolute atomic E-state index is 11.0. The van der Waals surface area contributed by atoms with E-state index in [4.69, 9.17) is 9.84 Å². The largest absolute Gasteiger partial charge is 0.496 e. The molecule has 4 heteroatoms. The van der Waals surface area contributed by atoms with Crippen molar-refractivity contribution in [3.63, 3.8) is 0 Å². The van der Waals surface area contributed by atoms with Crippen molar-refractivity contribution in [3.8, 4) is 5.75 Å². The Labute approximate surface area is 99.8 Å². The Morgan fingerprint density at radius 2 is 2.19 bits per heavy atom. The van der Waals surface area contributed by atoms with Gasteiger partial charge >= 0.3 is 5.97 Å². The number of carboxylic acids is 1. The van der Waals surface area contributed by atoms with Crippen molar-refractivity contribution in [2.45, 2.75) is 18.7 Å². The van der Waals surface area contributed by atoms with Gasteiger partial charge in [-0.3, -0.25) is 0 Å². The molecular formula is C12H16O3S. The van der Waals surface area contributed by atoms with Crippen LogP contribution in [0.4, 0.5) is 0 Å². The van der Waals surface area contributed by atoms with Crippen molar-refractivity contribution in [1.82, 2.24) is 0 Å². The van der Waals surface area contributed by atoms with Crippen LogP contribution in [0.3, 0.4) is 0 Å². The highest BCUT2D eigenvalue weighted by molar-refractivity contribution is 7.99. The molecule has 0 atom stereocenters. The molecule has 0 unspecified atom stereocenters. The van der Waals surface area contributed by atoms with Crippen molar-refractivity contribution in [1.29, 1.82) is 0 Å². The average molecular weight is 240 g/mol. The third kappa shape index (κ3) is 3.45. The molecular weight excluding hydrogens is 224 g/mol. The number of methoxy groups -OCH3 is 1. The van der Waals surface area contributed by atoms with Gasteiger partial charge in [0.15, 0.2) is 0 Å². The summed E-state index contributed by atoms with van der Waals surface area (Å²) >= 11 is 1.66. The molecule has 0 aliphatic heterocycles. The van der Waals surface area contributed by atoms with Crippen molar-refractivity contribution < 1.29 is 14.6 Å². The number of aromatic carboxylic acids is 1. The molecule has 1 aromatic carbocycles. The summed E-state index contributed by atoms with van der Waals surface area (Å²) in [5.41, 5.74) is 0.219. The molecule has 1 aromatic rings. The number of thioether (sulfide) groups is 1. The zero-order valence-electron chi connectivity index (χ0n) is 9.69. The van der Waals surface area contributed by atoms with Gasteiger partial charge in [-0.25, -0.2) is 4.79 Å². The Bertz CT molecular complexity index is 375.